The van der Waals surface area contributed by atoms with E-state index >= 15 is 0 Å². The number of rotatable bonds is 4. The van der Waals surface area contributed by atoms with Crippen molar-refractivity contribution in [3.63, 3.8) is 0 Å². The van der Waals surface area contributed by atoms with E-state index in [2.05, 4.69) is 26.6 Å². The fourth-order valence-electron chi connectivity index (χ4n) is 0.607. The molecule has 0 aromatic heterocycles. The summed E-state index contributed by atoms with van der Waals surface area (Å²) in [6.07, 6.45) is 5.89. The van der Waals surface area contributed by atoms with Crippen molar-refractivity contribution in [2.24, 2.45) is 0 Å². The van der Waals surface area contributed by atoms with Gasteiger partial charge in [-0.1, -0.05) is 39.1 Å². The Morgan fingerprint density at radius 1 is 1.36 bits per heavy atom. The van der Waals surface area contributed by atoms with Crippen molar-refractivity contribution in [1.29, 1.82) is 0 Å². The second-order valence-electron chi connectivity index (χ2n) is 3.81. The van der Waals surface area contributed by atoms with Crippen LogP contribution in [-0.2, 0) is 4.79 Å². The van der Waals surface area contributed by atoms with Crippen molar-refractivity contribution in [3.05, 3.63) is 12.2 Å². The number of carbonyl (C=O) groups is 1. The number of carbonyl (C=O) groups excluding carboxylic acids is 1. The van der Waals surface area contributed by atoms with Gasteiger partial charge < -0.3 is 4.79 Å². The number of unbranched alkanes of at least 4 members (excludes halogenated alkanes) is 1. The molecule has 0 radical (unpaired) electrons. The van der Waals surface area contributed by atoms with Gasteiger partial charge in [0.05, 0.1) is 0 Å². The number of hydrogen-bond donors (Lipinski definition) is 0. The summed E-state index contributed by atoms with van der Waals surface area (Å²) in [6.45, 7) is 8.34. The Labute approximate surface area is 70.5 Å². The molecule has 1 nitrogen and oxygen atoms in total. The summed E-state index contributed by atoms with van der Waals surface area (Å²) in [7, 11) is -1.54. The molecule has 0 spiro atoms. The quantitative estimate of drug-likeness (QED) is 0.468. The third-order valence-electron chi connectivity index (χ3n) is 1.46. The summed E-state index contributed by atoms with van der Waals surface area (Å²) in [5, 5.41) is 0.353. The highest BCUT2D eigenvalue weighted by Gasteiger charge is 2.20. The molecule has 0 bridgehead atoms. The molecule has 0 aliphatic carbocycles. The monoisotopic (exact) mass is 170 g/mol. The van der Waals surface area contributed by atoms with Crippen LogP contribution < -0.4 is 0 Å². The highest BCUT2D eigenvalue weighted by atomic mass is 28.3. The first-order valence-electron chi connectivity index (χ1n) is 4.19. The maximum atomic E-state index is 11.3. The lowest BCUT2D eigenvalue weighted by Crippen LogP contribution is -2.31. The van der Waals surface area contributed by atoms with Crippen LogP contribution in [0.15, 0.2) is 12.2 Å². The van der Waals surface area contributed by atoms with Crippen LogP contribution in [0, 0.1) is 0 Å². The highest BCUT2D eigenvalue weighted by Crippen LogP contribution is 2.03. The lowest BCUT2D eigenvalue weighted by atomic mass is 10.3. The molecule has 0 heterocycles. The van der Waals surface area contributed by atoms with Gasteiger partial charge in [-0.25, -0.2) is 0 Å². The van der Waals surface area contributed by atoms with Crippen molar-refractivity contribution in [1.82, 2.24) is 0 Å². The van der Waals surface area contributed by atoms with E-state index in [9.17, 15) is 4.79 Å². The van der Waals surface area contributed by atoms with Gasteiger partial charge in [0.25, 0.3) is 0 Å². The van der Waals surface area contributed by atoms with Crippen LogP contribution in [0.4, 0.5) is 0 Å². The minimum Gasteiger partial charge on any atom is -0.301 e. The number of hydrogen-bond acceptors (Lipinski definition) is 1. The van der Waals surface area contributed by atoms with Crippen LogP contribution in [0.3, 0.4) is 0 Å². The van der Waals surface area contributed by atoms with Crippen molar-refractivity contribution in [2.45, 2.75) is 39.4 Å². The van der Waals surface area contributed by atoms with Crippen LogP contribution in [0.25, 0.3) is 0 Å². The summed E-state index contributed by atoms with van der Waals surface area (Å²) in [5.74, 6) is 0. The fourth-order valence-corrected chi connectivity index (χ4v) is 1.22. The third kappa shape index (κ3) is 4.96. The molecule has 0 saturated carbocycles. The highest BCUT2D eigenvalue weighted by molar-refractivity contribution is 7.04. The summed E-state index contributed by atoms with van der Waals surface area (Å²) < 4.78 is 0. The molecule has 0 aliphatic heterocycles. The molecule has 2 heteroatoms. The number of allylic oxidation sites excluding steroid dienone is 2. The molecule has 0 amide bonds. The largest absolute Gasteiger partial charge is 0.301 e. The van der Waals surface area contributed by atoms with E-state index in [1.165, 1.54) is 0 Å². The molecule has 0 saturated heterocycles. The lowest BCUT2D eigenvalue weighted by molar-refractivity contribution is -0.108. The molecule has 0 atom stereocenters. The van der Waals surface area contributed by atoms with Crippen LogP contribution in [0.2, 0.25) is 19.6 Å². The molecule has 11 heavy (non-hydrogen) atoms. The van der Waals surface area contributed by atoms with Gasteiger partial charge in [-0.05, 0) is 12.5 Å². The minimum absolute atomic E-state index is 0.353. The molecule has 0 unspecified atom stereocenters. The van der Waals surface area contributed by atoms with E-state index in [0.717, 1.165) is 12.8 Å². The molecule has 64 valence electrons. The topological polar surface area (TPSA) is 17.1 Å². The first-order chi connectivity index (χ1) is 4.98. The molecule has 0 N–H and O–H groups in total. The van der Waals surface area contributed by atoms with E-state index in [4.69, 9.17) is 0 Å². The smallest absolute Gasteiger partial charge is 0.132 e. The van der Waals surface area contributed by atoms with Gasteiger partial charge >= 0.3 is 0 Å². The van der Waals surface area contributed by atoms with Gasteiger partial charge in [0.15, 0.2) is 0 Å². The second-order valence-corrected chi connectivity index (χ2v) is 8.80. The van der Waals surface area contributed by atoms with Crippen LogP contribution in [0.5, 0.6) is 0 Å². The van der Waals surface area contributed by atoms with Crippen molar-refractivity contribution in [3.8, 4) is 0 Å². The van der Waals surface area contributed by atoms with Gasteiger partial charge in [-0.3, -0.25) is 0 Å². The fraction of sp³-hybridized carbons (Fsp3) is 0.667. The average Bonchev–Trinajstić information content (AvgIpc) is 1.86. The summed E-state index contributed by atoms with van der Waals surface area (Å²) in [6, 6.07) is 0. The lowest BCUT2D eigenvalue weighted by Gasteiger charge is -2.09. The van der Waals surface area contributed by atoms with E-state index in [0.29, 0.717) is 5.41 Å². The molecular weight excluding hydrogens is 152 g/mol. The summed E-state index contributed by atoms with van der Waals surface area (Å²) >= 11 is 0. The molecular formula is C9H18OSi. The average molecular weight is 170 g/mol. The van der Waals surface area contributed by atoms with Crippen molar-refractivity contribution in [2.75, 3.05) is 0 Å². The molecule has 0 aromatic rings. The Morgan fingerprint density at radius 3 is 2.27 bits per heavy atom. The van der Waals surface area contributed by atoms with Gasteiger partial charge in [-0.15, -0.1) is 0 Å². The minimum atomic E-state index is -1.54. The Morgan fingerprint density at radius 2 is 1.91 bits per heavy atom. The Bertz CT molecular complexity index is 153. The van der Waals surface area contributed by atoms with Gasteiger partial charge in [0.2, 0.25) is 0 Å². The van der Waals surface area contributed by atoms with Gasteiger partial charge in [0.1, 0.15) is 13.5 Å². The Hall–Kier alpha value is -0.373. The Kier molecular flexibility index (Phi) is 4.34. The van der Waals surface area contributed by atoms with E-state index < -0.39 is 8.07 Å². The predicted octanol–water partition coefficient (Wildman–Crippen LogP) is 2.79. The van der Waals surface area contributed by atoms with E-state index in [1.807, 2.05) is 6.08 Å². The second kappa shape index (κ2) is 4.49. The maximum absolute atomic E-state index is 11.3. The third-order valence-corrected chi connectivity index (χ3v) is 3.11. The molecule has 0 aromatic carbocycles. The molecule has 0 fully saturated rings. The van der Waals surface area contributed by atoms with E-state index in [1.54, 1.807) is 6.08 Å². The van der Waals surface area contributed by atoms with E-state index in [-0.39, 0.29) is 0 Å². The summed E-state index contributed by atoms with van der Waals surface area (Å²) in [5.41, 5.74) is 0. The van der Waals surface area contributed by atoms with Crippen LogP contribution in [0.1, 0.15) is 19.8 Å². The normalized spacial score (nSPS) is 12.4. The first-order valence-corrected chi connectivity index (χ1v) is 7.69. The van der Waals surface area contributed by atoms with Crippen LogP contribution >= 0.6 is 0 Å². The maximum Gasteiger partial charge on any atom is 0.132 e. The summed E-state index contributed by atoms with van der Waals surface area (Å²) in [4.78, 5) is 11.3. The standard InChI is InChI=1S/C9H18OSi/c1-5-6-7-8-9(10)11(2,3)4/h7-8H,5-6H2,1-4H3. The SMILES string of the molecule is CCCC=CC(=O)[Si](C)(C)C. The predicted molar refractivity (Wildman–Crippen MR) is 52.4 cm³/mol. The van der Waals surface area contributed by atoms with Crippen molar-refractivity contribution < 1.29 is 4.79 Å². The zero-order valence-corrected chi connectivity index (χ0v) is 8.98. The zero-order valence-electron chi connectivity index (χ0n) is 7.98. The Balaban J connectivity index is 3.88. The van der Waals surface area contributed by atoms with Gasteiger partial charge in [-0.2, -0.15) is 0 Å². The van der Waals surface area contributed by atoms with Gasteiger partial charge in [0, 0.05) is 0 Å². The first kappa shape index (κ1) is 10.6. The zero-order chi connectivity index (χ0) is 8.91. The molecule has 0 rings (SSSR count). The van der Waals surface area contributed by atoms with Crippen LogP contribution in [-0.4, -0.2) is 13.5 Å². The van der Waals surface area contributed by atoms with Crippen molar-refractivity contribution >= 4 is 13.5 Å². The molecule has 0 aliphatic rings.